The Balaban J connectivity index is 2.64. The lowest BCUT2D eigenvalue weighted by Crippen LogP contribution is -2.34. The smallest absolute Gasteiger partial charge is 0.228 e. The maximum Gasteiger partial charge on any atom is 0.228 e. The Morgan fingerprint density at radius 3 is 2.78 bits per heavy atom. The summed E-state index contributed by atoms with van der Waals surface area (Å²) >= 11 is 0. The Morgan fingerprint density at radius 2 is 2.17 bits per heavy atom. The summed E-state index contributed by atoms with van der Waals surface area (Å²) in [4.78, 5) is 11.8. The number of rotatable bonds is 6. The number of anilines is 1. The van der Waals surface area contributed by atoms with Gasteiger partial charge in [0.25, 0.3) is 0 Å². The lowest BCUT2D eigenvalue weighted by Gasteiger charge is -2.15. The van der Waals surface area contributed by atoms with Crippen molar-refractivity contribution in [3.8, 4) is 5.75 Å². The topological polar surface area (TPSA) is 64.3 Å². The summed E-state index contributed by atoms with van der Waals surface area (Å²) < 4.78 is 5.51. The fourth-order valence-corrected chi connectivity index (χ4v) is 1.38. The van der Waals surface area contributed by atoms with Crippen LogP contribution in [-0.4, -0.2) is 18.6 Å². The van der Waals surface area contributed by atoms with Crippen molar-refractivity contribution < 1.29 is 9.53 Å². The van der Waals surface area contributed by atoms with E-state index in [1.807, 2.05) is 38.1 Å². The Bertz CT molecular complexity index is 391. The largest absolute Gasteiger partial charge is 0.494 e. The molecule has 0 aliphatic heterocycles. The lowest BCUT2D eigenvalue weighted by atomic mass is 10.0. The van der Waals surface area contributed by atoms with Crippen LogP contribution in [0.3, 0.4) is 0 Å². The van der Waals surface area contributed by atoms with Gasteiger partial charge in [0.15, 0.2) is 0 Å². The molecule has 0 heterocycles. The number of hydrogen-bond acceptors (Lipinski definition) is 3. The molecule has 0 fully saturated rings. The van der Waals surface area contributed by atoms with Crippen molar-refractivity contribution in [2.24, 2.45) is 11.7 Å². The molecule has 0 spiro atoms. The van der Waals surface area contributed by atoms with E-state index in [1.54, 1.807) is 0 Å². The van der Waals surface area contributed by atoms with Gasteiger partial charge in [-0.2, -0.15) is 0 Å². The zero-order chi connectivity index (χ0) is 13.5. The number of carbonyl (C=O) groups excluding carboxylic acids is 1. The van der Waals surface area contributed by atoms with Crippen LogP contribution in [0, 0.1) is 5.92 Å². The standard InChI is InChI=1S/C14H22N2O2/c1-4-8-18-13-7-5-6-12(9-13)16-14(17)10(2)11(3)15/h5-7,9-11H,4,8,15H2,1-3H3,(H,16,17). The molecule has 4 nitrogen and oxygen atoms in total. The molecular formula is C14H22N2O2. The van der Waals surface area contributed by atoms with Crippen molar-refractivity contribution in [2.45, 2.75) is 33.2 Å². The highest BCUT2D eigenvalue weighted by atomic mass is 16.5. The van der Waals surface area contributed by atoms with E-state index in [9.17, 15) is 4.79 Å². The van der Waals surface area contributed by atoms with Gasteiger partial charge in [0, 0.05) is 17.8 Å². The van der Waals surface area contributed by atoms with Gasteiger partial charge in [-0.25, -0.2) is 0 Å². The average molecular weight is 250 g/mol. The van der Waals surface area contributed by atoms with Gasteiger partial charge in [0.1, 0.15) is 5.75 Å². The first-order chi connectivity index (χ1) is 8.54. The van der Waals surface area contributed by atoms with Crippen LogP contribution in [0.25, 0.3) is 0 Å². The number of nitrogens with one attached hydrogen (secondary N) is 1. The number of ether oxygens (including phenoxy) is 1. The first-order valence-corrected chi connectivity index (χ1v) is 6.34. The fraction of sp³-hybridized carbons (Fsp3) is 0.500. The second-order valence-electron chi connectivity index (χ2n) is 4.51. The molecule has 2 unspecified atom stereocenters. The number of benzene rings is 1. The van der Waals surface area contributed by atoms with Crippen molar-refractivity contribution in [3.05, 3.63) is 24.3 Å². The molecule has 0 aliphatic carbocycles. The molecule has 4 heteroatoms. The minimum absolute atomic E-state index is 0.0716. The highest BCUT2D eigenvalue weighted by Gasteiger charge is 2.16. The molecule has 0 radical (unpaired) electrons. The van der Waals surface area contributed by atoms with Gasteiger partial charge in [-0.3, -0.25) is 4.79 Å². The van der Waals surface area contributed by atoms with Gasteiger partial charge in [-0.1, -0.05) is 19.9 Å². The molecule has 0 aliphatic rings. The van der Waals surface area contributed by atoms with Crippen molar-refractivity contribution >= 4 is 11.6 Å². The summed E-state index contributed by atoms with van der Waals surface area (Å²) in [6.07, 6.45) is 0.957. The molecule has 1 aromatic rings. The predicted molar refractivity (Wildman–Crippen MR) is 73.7 cm³/mol. The van der Waals surface area contributed by atoms with Gasteiger partial charge in [0.2, 0.25) is 5.91 Å². The summed E-state index contributed by atoms with van der Waals surface area (Å²) in [5.41, 5.74) is 6.44. The van der Waals surface area contributed by atoms with Gasteiger partial charge in [-0.15, -0.1) is 0 Å². The quantitative estimate of drug-likeness (QED) is 0.814. The fourth-order valence-electron chi connectivity index (χ4n) is 1.38. The maximum absolute atomic E-state index is 11.8. The van der Waals surface area contributed by atoms with Crippen LogP contribution in [0.5, 0.6) is 5.75 Å². The van der Waals surface area contributed by atoms with Crippen LogP contribution in [-0.2, 0) is 4.79 Å². The van der Waals surface area contributed by atoms with Crippen molar-refractivity contribution in [1.82, 2.24) is 0 Å². The van der Waals surface area contributed by atoms with Gasteiger partial charge in [0.05, 0.1) is 12.5 Å². The van der Waals surface area contributed by atoms with Crippen molar-refractivity contribution in [1.29, 1.82) is 0 Å². The Hall–Kier alpha value is -1.55. The molecule has 1 amide bonds. The zero-order valence-electron chi connectivity index (χ0n) is 11.3. The molecule has 1 aromatic carbocycles. The second kappa shape index (κ2) is 7.01. The van der Waals surface area contributed by atoms with Crippen LogP contribution >= 0.6 is 0 Å². The van der Waals surface area contributed by atoms with E-state index in [-0.39, 0.29) is 17.9 Å². The van der Waals surface area contributed by atoms with Crippen LogP contribution < -0.4 is 15.8 Å². The molecule has 0 saturated carbocycles. The average Bonchev–Trinajstić information content (AvgIpc) is 2.35. The van der Waals surface area contributed by atoms with Crippen molar-refractivity contribution in [3.63, 3.8) is 0 Å². The van der Waals surface area contributed by atoms with E-state index in [0.717, 1.165) is 17.9 Å². The molecular weight excluding hydrogens is 228 g/mol. The van der Waals surface area contributed by atoms with E-state index in [4.69, 9.17) is 10.5 Å². The highest BCUT2D eigenvalue weighted by molar-refractivity contribution is 5.92. The zero-order valence-corrected chi connectivity index (χ0v) is 11.3. The van der Waals surface area contributed by atoms with E-state index < -0.39 is 0 Å². The molecule has 0 bridgehead atoms. The van der Waals surface area contributed by atoms with Gasteiger partial charge >= 0.3 is 0 Å². The Labute approximate surface area is 109 Å². The minimum Gasteiger partial charge on any atom is -0.494 e. The maximum atomic E-state index is 11.8. The third kappa shape index (κ3) is 4.37. The van der Waals surface area contributed by atoms with Crippen LogP contribution in [0.15, 0.2) is 24.3 Å². The number of amides is 1. The number of hydrogen-bond donors (Lipinski definition) is 2. The van der Waals surface area contributed by atoms with E-state index >= 15 is 0 Å². The minimum atomic E-state index is -0.217. The SMILES string of the molecule is CCCOc1cccc(NC(=O)C(C)C(C)N)c1. The monoisotopic (exact) mass is 250 g/mol. The lowest BCUT2D eigenvalue weighted by molar-refractivity contribution is -0.119. The van der Waals surface area contributed by atoms with Gasteiger partial charge in [-0.05, 0) is 25.5 Å². The summed E-state index contributed by atoms with van der Waals surface area (Å²) in [6, 6.07) is 7.23. The van der Waals surface area contributed by atoms with Gasteiger partial charge < -0.3 is 15.8 Å². The summed E-state index contributed by atoms with van der Waals surface area (Å²) in [6.45, 7) is 6.37. The van der Waals surface area contributed by atoms with E-state index in [1.165, 1.54) is 0 Å². The molecule has 2 atom stereocenters. The third-order valence-electron chi connectivity index (χ3n) is 2.78. The van der Waals surface area contributed by atoms with Crippen LogP contribution in [0.1, 0.15) is 27.2 Å². The summed E-state index contributed by atoms with van der Waals surface area (Å²) in [5, 5.41) is 2.84. The Morgan fingerprint density at radius 1 is 1.44 bits per heavy atom. The molecule has 100 valence electrons. The van der Waals surface area contributed by atoms with E-state index in [2.05, 4.69) is 12.2 Å². The first kappa shape index (κ1) is 14.5. The van der Waals surface area contributed by atoms with Crippen LogP contribution in [0.2, 0.25) is 0 Å². The van der Waals surface area contributed by atoms with Crippen molar-refractivity contribution in [2.75, 3.05) is 11.9 Å². The molecule has 0 saturated heterocycles. The first-order valence-electron chi connectivity index (χ1n) is 6.34. The number of nitrogens with two attached hydrogens (primary N) is 1. The highest BCUT2D eigenvalue weighted by Crippen LogP contribution is 2.18. The molecule has 18 heavy (non-hydrogen) atoms. The molecule has 1 rings (SSSR count). The second-order valence-corrected chi connectivity index (χ2v) is 4.51. The predicted octanol–water partition coefficient (Wildman–Crippen LogP) is 2.40. The summed E-state index contributed by atoms with van der Waals surface area (Å²) in [5.74, 6) is 0.478. The summed E-state index contributed by atoms with van der Waals surface area (Å²) in [7, 11) is 0. The van der Waals surface area contributed by atoms with Crippen LogP contribution in [0.4, 0.5) is 5.69 Å². The molecule has 3 N–H and O–H groups in total. The molecule has 0 aromatic heterocycles. The number of carbonyl (C=O) groups is 1. The normalized spacial score (nSPS) is 13.8. The third-order valence-corrected chi connectivity index (χ3v) is 2.78. The van der Waals surface area contributed by atoms with E-state index in [0.29, 0.717) is 6.61 Å². The Kier molecular flexibility index (Phi) is 5.65.